The van der Waals surface area contributed by atoms with Crippen molar-refractivity contribution < 1.29 is 14.7 Å². The second-order valence-corrected chi connectivity index (χ2v) is 4.51. The average molecular weight is 261 g/mol. The van der Waals surface area contributed by atoms with Gasteiger partial charge in [0.15, 0.2) is 0 Å². The van der Waals surface area contributed by atoms with Gasteiger partial charge in [0.1, 0.15) is 17.4 Å². The SMILES string of the molecule is Cc1ccn2c(C(=O)NC(C)C(=O)O)c(C)nc2c1. The van der Waals surface area contributed by atoms with E-state index in [1.807, 2.05) is 19.1 Å². The molecule has 0 radical (unpaired) electrons. The first-order valence-electron chi connectivity index (χ1n) is 5.89. The van der Waals surface area contributed by atoms with Gasteiger partial charge in [-0.15, -0.1) is 0 Å². The topological polar surface area (TPSA) is 83.7 Å². The lowest BCUT2D eigenvalue weighted by atomic mass is 10.2. The Kier molecular flexibility index (Phi) is 3.25. The monoisotopic (exact) mass is 261 g/mol. The van der Waals surface area contributed by atoms with Crippen LogP contribution in [0.1, 0.15) is 28.7 Å². The first-order valence-corrected chi connectivity index (χ1v) is 5.89. The number of aliphatic carboxylic acids is 1. The molecule has 0 aliphatic heterocycles. The minimum atomic E-state index is -1.07. The molecule has 1 atom stereocenters. The molecule has 2 rings (SSSR count). The molecular formula is C13H15N3O3. The van der Waals surface area contributed by atoms with E-state index in [0.29, 0.717) is 17.0 Å². The van der Waals surface area contributed by atoms with Gasteiger partial charge >= 0.3 is 5.97 Å². The van der Waals surface area contributed by atoms with Crippen molar-refractivity contribution in [2.75, 3.05) is 0 Å². The number of aryl methyl sites for hydroxylation is 2. The summed E-state index contributed by atoms with van der Waals surface area (Å²) in [6.45, 7) is 5.09. The number of fused-ring (bicyclic) bond motifs is 1. The summed E-state index contributed by atoms with van der Waals surface area (Å²) in [5.41, 5.74) is 2.65. The zero-order valence-corrected chi connectivity index (χ0v) is 11.0. The van der Waals surface area contributed by atoms with Gasteiger partial charge in [-0.1, -0.05) is 0 Å². The molecule has 0 spiro atoms. The van der Waals surface area contributed by atoms with Gasteiger partial charge in [-0.25, -0.2) is 4.98 Å². The molecule has 0 bridgehead atoms. The van der Waals surface area contributed by atoms with Crippen LogP contribution in [0, 0.1) is 13.8 Å². The molecule has 0 saturated heterocycles. The molecule has 0 aliphatic rings. The predicted molar refractivity (Wildman–Crippen MR) is 69.2 cm³/mol. The maximum Gasteiger partial charge on any atom is 0.325 e. The fraction of sp³-hybridized carbons (Fsp3) is 0.308. The number of hydrogen-bond donors (Lipinski definition) is 2. The second-order valence-electron chi connectivity index (χ2n) is 4.51. The van der Waals surface area contributed by atoms with Crippen LogP contribution in [0.2, 0.25) is 0 Å². The largest absolute Gasteiger partial charge is 0.480 e. The molecule has 100 valence electrons. The van der Waals surface area contributed by atoms with Crippen molar-refractivity contribution in [3.63, 3.8) is 0 Å². The molecule has 1 amide bonds. The first-order chi connectivity index (χ1) is 8.90. The van der Waals surface area contributed by atoms with Gasteiger partial charge in [0.05, 0.1) is 5.69 Å². The summed E-state index contributed by atoms with van der Waals surface area (Å²) in [5.74, 6) is -1.51. The second kappa shape index (κ2) is 4.72. The van der Waals surface area contributed by atoms with E-state index >= 15 is 0 Å². The van der Waals surface area contributed by atoms with E-state index in [2.05, 4.69) is 10.3 Å². The highest BCUT2D eigenvalue weighted by molar-refractivity contribution is 5.96. The van der Waals surface area contributed by atoms with Crippen molar-refractivity contribution in [3.05, 3.63) is 35.3 Å². The van der Waals surface area contributed by atoms with Crippen molar-refractivity contribution in [2.45, 2.75) is 26.8 Å². The average Bonchev–Trinajstić information content (AvgIpc) is 2.63. The third-order valence-corrected chi connectivity index (χ3v) is 2.89. The summed E-state index contributed by atoms with van der Waals surface area (Å²) in [7, 11) is 0. The predicted octanol–water partition coefficient (Wildman–Crippen LogP) is 1.15. The summed E-state index contributed by atoms with van der Waals surface area (Å²) in [6.07, 6.45) is 1.75. The Morgan fingerprint density at radius 1 is 1.42 bits per heavy atom. The molecule has 0 aromatic carbocycles. The summed E-state index contributed by atoms with van der Waals surface area (Å²) in [4.78, 5) is 27.2. The molecule has 0 saturated carbocycles. The Morgan fingerprint density at radius 3 is 2.74 bits per heavy atom. The standard InChI is InChI=1S/C13H15N3O3/c1-7-4-5-16-10(6-7)14-8(2)11(16)12(17)15-9(3)13(18)19/h4-6,9H,1-3H3,(H,15,17)(H,18,19). The lowest BCUT2D eigenvalue weighted by Crippen LogP contribution is -2.39. The number of carboxylic acids is 1. The number of imidazole rings is 1. The number of carbonyl (C=O) groups is 2. The van der Waals surface area contributed by atoms with Gasteiger partial charge in [0.2, 0.25) is 0 Å². The molecule has 0 fully saturated rings. The summed E-state index contributed by atoms with van der Waals surface area (Å²) in [6, 6.07) is 2.79. The number of hydrogen-bond acceptors (Lipinski definition) is 3. The van der Waals surface area contributed by atoms with Crippen molar-refractivity contribution in [1.29, 1.82) is 0 Å². The van der Waals surface area contributed by atoms with Gasteiger partial charge in [0.25, 0.3) is 5.91 Å². The molecule has 19 heavy (non-hydrogen) atoms. The molecule has 6 nitrogen and oxygen atoms in total. The van der Waals surface area contributed by atoms with Crippen LogP contribution in [0.4, 0.5) is 0 Å². The zero-order valence-electron chi connectivity index (χ0n) is 11.0. The van der Waals surface area contributed by atoms with E-state index in [0.717, 1.165) is 5.56 Å². The Bertz CT molecular complexity index is 660. The van der Waals surface area contributed by atoms with E-state index in [-0.39, 0.29) is 0 Å². The third-order valence-electron chi connectivity index (χ3n) is 2.89. The van der Waals surface area contributed by atoms with E-state index in [9.17, 15) is 9.59 Å². The number of carbonyl (C=O) groups excluding carboxylic acids is 1. The van der Waals surface area contributed by atoms with E-state index in [1.165, 1.54) is 6.92 Å². The van der Waals surface area contributed by atoms with Crippen molar-refractivity contribution in [1.82, 2.24) is 14.7 Å². The number of aromatic nitrogens is 2. The van der Waals surface area contributed by atoms with Crippen LogP contribution in [-0.4, -0.2) is 32.4 Å². The van der Waals surface area contributed by atoms with E-state index in [4.69, 9.17) is 5.11 Å². The lowest BCUT2D eigenvalue weighted by Gasteiger charge is -2.09. The van der Waals surface area contributed by atoms with E-state index in [1.54, 1.807) is 17.5 Å². The van der Waals surface area contributed by atoms with Crippen LogP contribution >= 0.6 is 0 Å². The fourth-order valence-corrected chi connectivity index (χ4v) is 1.86. The summed E-state index contributed by atoms with van der Waals surface area (Å²) < 4.78 is 1.66. The van der Waals surface area contributed by atoms with Gasteiger partial charge < -0.3 is 10.4 Å². The summed E-state index contributed by atoms with van der Waals surface area (Å²) in [5, 5.41) is 11.2. The first kappa shape index (κ1) is 13.1. The third kappa shape index (κ3) is 2.42. The van der Waals surface area contributed by atoms with Gasteiger partial charge in [-0.2, -0.15) is 0 Å². The number of amides is 1. The van der Waals surface area contributed by atoms with E-state index < -0.39 is 17.9 Å². The zero-order chi connectivity index (χ0) is 14.2. The Morgan fingerprint density at radius 2 is 2.11 bits per heavy atom. The van der Waals surface area contributed by atoms with Crippen LogP contribution in [-0.2, 0) is 4.79 Å². The maximum atomic E-state index is 12.1. The van der Waals surface area contributed by atoms with Gasteiger partial charge in [0, 0.05) is 6.20 Å². The fourth-order valence-electron chi connectivity index (χ4n) is 1.86. The smallest absolute Gasteiger partial charge is 0.325 e. The minimum absolute atomic E-state index is 0.364. The number of nitrogens with one attached hydrogen (secondary N) is 1. The maximum absolute atomic E-state index is 12.1. The number of carboxylic acid groups (broad SMARTS) is 1. The number of nitrogens with zero attached hydrogens (tertiary/aromatic N) is 2. The van der Waals surface area contributed by atoms with Crippen LogP contribution in [0.15, 0.2) is 18.3 Å². The normalized spacial score (nSPS) is 12.4. The quantitative estimate of drug-likeness (QED) is 0.868. The molecule has 0 aliphatic carbocycles. The molecule has 2 N–H and O–H groups in total. The molecule has 2 aromatic heterocycles. The lowest BCUT2D eigenvalue weighted by molar-refractivity contribution is -0.138. The van der Waals surface area contributed by atoms with Crippen molar-refractivity contribution in [3.8, 4) is 0 Å². The van der Waals surface area contributed by atoms with Crippen LogP contribution < -0.4 is 5.32 Å². The highest BCUT2D eigenvalue weighted by atomic mass is 16.4. The highest BCUT2D eigenvalue weighted by Gasteiger charge is 2.20. The van der Waals surface area contributed by atoms with Crippen LogP contribution in [0.25, 0.3) is 5.65 Å². The van der Waals surface area contributed by atoms with Crippen molar-refractivity contribution >= 4 is 17.5 Å². The summed E-state index contributed by atoms with van der Waals surface area (Å²) >= 11 is 0. The molecule has 1 unspecified atom stereocenters. The van der Waals surface area contributed by atoms with Crippen LogP contribution in [0.3, 0.4) is 0 Å². The number of pyridine rings is 1. The minimum Gasteiger partial charge on any atom is -0.480 e. The van der Waals surface area contributed by atoms with Gasteiger partial charge in [-0.05, 0) is 38.5 Å². The number of rotatable bonds is 3. The Labute approximate surface area is 110 Å². The van der Waals surface area contributed by atoms with Crippen LogP contribution in [0.5, 0.6) is 0 Å². The van der Waals surface area contributed by atoms with Crippen molar-refractivity contribution in [2.24, 2.45) is 0 Å². The Balaban J connectivity index is 2.42. The molecular weight excluding hydrogens is 246 g/mol. The molecule has 2 aromatic rings. The molecule has 2 heterocycles. The molecule has 6 heteroatoms. The Hall–Kier alpha value is -2.37. The highest BCUT2D eigenvalue weighted by Crippen LogP contribution is 2.13. The van der Waals surface area contributed by atoms with Gasteiger partial charge in [-0.3, -0.25) is 14.0 Å².